The van der Waals surface area contributed by atoms with Crippen molar-refractivity contribution in [1.29, 1.82) is 0 Å². The highest BCUT2D eigenvalue weighted by Crippen LogP contribution is 2.31. The molecule has 0 fully saturated rings. The first-order valence-electron chi connectivity index (χ1n) is 5.45. The minimum Gasteiger partial charge on any atom is -0.493 e. The molecule has 17 heavy (non-hydrogen) atoms. The third kappa shape index (κ3) is 3.36. The molecule has 0 aliphatic carbocycles. The Bertz CT molecular complexity index is 399. The highest BCUT2D eigenvalue weighted by molar-refractivity contribution is 5.59. The summed E-state index contributed by atoms with van der Waals surface area (Å²) in [6.07, 6.45) is 3.64. The zero-order valence-corrected chi connectivity index (χ0v) is 10.5. The predicted octanol–water partition coefficient (Wildman–Crippen LogP) is 2.62. The van der Waals surface area contributed by atoms with Crippen molar-refractivity contribution in [2.75, 3.05) is 20.8 Å². The largest absolute Gasteiger partial charge is 0.493 e. The van der Waals surface area contributed by atoms with Gasteiger partial charge in [-0.15, -0.1) is 6.58 Å². The van der Waals surface area contributed by atoms with Crippen molar-refractivity contribution < 1.29 is 9.47 Å². The van der Waals surface area contributed by atoms with Crippen LogP contribution in [-0.2, 0) is 6.54 Å². The van der Waals surface area contributed by atoms with E-state index in [4.69, 9.17) is 9.47 Å². The van der Waals surface area contributed by atoms with E-state index in [2.05, 4.69) is 18.5 Å². The Morgan fingerprint density at radius 3 is 2.35 bits per heavy atom. The summed E-state index contributed by atoms with van der Waals surface area (Å²) in [7, 11) is 3.26. The SMILES string of the molecule is C=CCNCc1cc(OC)c(OC)cc1C=C. The second kappa shape index (κ2) is 6.76. The molecule has 1 N–H and O–H groups in total. The summed E-state index contributed by atoms with van der Waals surface area (Å²) in [5.74, 6) is 1.45. The van der Waals surface area contributed by atoms with E-state index < -0.39 is 0 Å². The summed E-state index contributed by atoms with van der Waals surface area (Å²) in [6.45, 7) is 8.99. The van der Waals surface area contributed by atoms with Gasteiger partial charge in [0.2, 0.25) is 0 Å². The molecule has 1 aromatic carbocycles. The van der Waals surface area contributed by atoms with Crippen LogP contribution < -0.4 is 14.8 Å². The van der Waals surface area contributed by atoms with Gasteiger partial charge in [0.25, 0.3) is 0 Å². The zero-order valence-electron chi connectivity index (χ0n) is 10.5. The van der Waals surface area contributed by atoms with Crippen molar-refractivity contribution in [3.8, 4) is 11.5 Å². The van der Waals surface area contributed by atoms with Crippen molar-refractivity contribution in [2.24, 2.45) is 0 Å². The summed E-state index contributed by atoms with van der Waals surface area (Å²) in [5.41, 5.74) is 2.17. The molecule has 0 amide bonds. The molecule has 0 unspecified atom stereocenters. The molecule has 0 radical (unpaired) electrons. The van der Waals surface area contributed by atoms with Gasteiger partial charge < -0.3 is 14.8 Å². The Hall–Kier alpha value is -1.74. The molecular formula is C14H19NO2. The monoisotopic (exact) mass is 233 g/mol. The number of ether oxygens (including phenoxy) is 2. The van der Waals surface area contributed by atoms with E-state index in [9.17, 15) is 0 Å². The van der Waals surface area contributed by atoms with Gasteiger partial charge in [-0.3, -0.25) is 0 Å². The summed E-state index contributed by atoms with van der Waals surface area (Å²) in [6, 6.07) is 3.89. The number of hydrogen-bond donors (Lipinski definition) is 1. The lowest BCUT2D eigenvalue weighted by atomic mass is 10.1. The normalized spacial score (nSPS) is 9.76. The molecule has 0 saturated heterocycles. The molecule has 1 rings (SSSR count). The maximum absolute atomic E-state index is 5.28. The van der Waals surface area contributed by atoms with Gasteiger partial charge >= 0.3 is 0 Å². The molecule has 0 saturated carbocycles. The second-order valence-electron chi connectivity index (χ2n) is 3.53. The summed E-state index contributed by atoms with van der Waals surface area (Å²) in [5, 5.41) is 3.25. The molecule has 0 heterocycles. The number of hydrogen-bond acceptors (Lipinski definition) is 3. The maximum Gasteiger partial charge on any atom is 0.161 e. The number of rotatable bonds is 7. The predicted molar refractivity (Wildman–Crippen MR) is 71.5 cm³/mol. The van der Waals surface area contributed by atoms with Crippen molar-refractivity contribution in [3.63, 3.8) is 0 Å². The Labute approximate surface area is 103 Å². The van der Waals surface area contributed by atoms with Crippen molar-refractivity contribution in [1.82, 2.24) is 5.32 Å². The Kier molecular flexibility index (Phi) is 5.30. The first-order valence-corrected chi connectivity index (χ1v) is 5.45. The van der Waals surface area contributed by atoms with Crippen LogP contribution in [0.1, 0.15) is 11.1 Å². The fourth-order valence-corrected chi connectivity index (χ4v) is 1.59. The Balaban J connectivity index is 3.01. The molecule has 3 nitrogen and oxygen atoms in total. The van der Waals surface area contributed by atoms with E-state index in [1.807, 2.05) is 24.3 Å². The van der Waals surface area contributed by atoms with Crippen LogP contribution in [0.25, 0.3) is 6.08 Å². The molecule has 1 aromatic rings. The van der Waals surface area contributed by atoms with Gasteiger partial charge in [0.05, 0.1) is 14.2 Å². The molecule has 0 atom stereocenters. The molecule has 0 aromatic heterocycles. The molecule has 0 bridgehead atoms. The molecular weight excluding hydrogens is 214 g/mol. The van der Waals surface area contributed by atoms with Crippen LogP contribution in [0.4, 0.5) is 0 Å². The van der Waals surface area contributed by atoms with E-state index in [-0.39, 0.29) is 0 Å². The molecule has 92 valence electrons. The highest BCUT2D eigenvalue weighted by Gasteiger charge is 2.08. The number of benzene rings is 1. The molecule has 0 spiro atoms. The fraction of sp³-hybridized carbons (Fsp3) is 0.286. The third-order valence-electron chi connectivity index (χ3n) is 2.47. The zero-order chi connectivity index (χ0) is 12.7. The van der Waals surface area contributed by atoms with Crippen LogP contribution in [0.3, 0.4) is 0 Å². The summed E-state index contributed by atoms with van der Waals surface area (Å²) < 4.78 is 10.5. The van der Waals surface area contributed by atoms with Crippen molar-refractivity contribution in [3.05, 3.63) is 42.5 Å². The quantitative estimate of drug-likeness (QED) is 0.580. The topological polar surface area (TPSA) is 30.5 Å². The number of nitrogens with one attached hydrogen (secondary N) is 1. The lowest BCUT2D eigenvalue weighted by Crippen LogP contribution is -2.13. The van der Waals surface area contributed by atoms with Gasteiger partial charge in [-0.05, 0) is 23.3 Å². The van der Waals surface area contributed by atoms with E-state index in [1.54, 1.807) is 14.2 Å². The second-order valence-corrected chi connectivity index (χ2v) is 3.53. The summed E-state index contributed by atoms with van der Waals surface area (Å²) >= 11 is 0. The fourth-order valence-electron chi connectivity index (χ4n) is 1.59. The van der Waals surface area contributed by atoms with Crippen LogP contribution in [-0.4, -0.2) is 20.8 Å². The van der Waals surface area contributed by atoms with Gasteiger partial charge in [0, 0.05) is 13.1 Å². The number of methoxy groups -OCH3 is 2. The van der Waals surface area contributed by atoms with Crippen LogP contribution in [0.5, 0.6) is 11.5 Å². The lowest BCUT2D eigenvalue weighted by molar-refractivity contribution is 0.354. The summed E-state index contributed by atoms with van der Waals surface area (Å²) in [4.78, 5) is 0. The Morgan fingerprint density at radius 1 is 1.18 bits per heavy atom. The van der Waals surface area contributed by atoms with E-state index in [0.717, 1.165) is 35.7 Å². The van der Waals surface area contributed by atoms with Crippen LogP contribution in [0, 0.1) is 0 Å². The lowest BCUT2D eigenvalue weighted by Gasteiger charge is -2.13. The van der Waals surface area contributed by atoms with E-state index >= 15 is 0 Å². The van der Waals surface area contributed by atoms with Gasteiger partial charge in [0.15, 0.2) is 11.5 Å². The maximum atomic E-state index is 5.28. The van der Waals surface area contributed by atoms with Gasteiger partial charge in [0.1, 0.15) is 0 Å². The molecule has 0 aliphatic heterocycles. The first-order chi connectivity index (χ1) is 8.26. The van der Waals surface area contributed by atoms with Crippen molar-refractivity contribution in [2.45, 2.75) is 6.54 Å². The minimum atomic E-state index is 0.717. The van der Waals surface area contributed by atoms with Gasteiger partial charge in [-0.25, -0.2) is 0 Å². The van der Waals surface area contributed by atoms with Gasteiger partial charge in [-0.1, -0.05) is 18.7 Å². The highest BCUT2D eigenvalue weighted by atomic mass is 16.5. The van der Waals surface area contributed by atoms with E-state index in [1.165, 1.54) is 0 Å². The smallest absolute Gasteiger partial charge is 0.161 e. The van der Waals surface area contributed by atoms with Crippen LogP contribution in [0.15, 0.2) is 31.4 Å². The Morgan fingerprint density at radius 2 is 1.82 bits per heavy atom. The first kappa shape index (κ1) is 13.3. The van der Waals surface area contributed by atoms with Crippen LogP contribution in [0.2, 0.25) is 0 Å². The van der Waals surface area contributed by atoms with Crippen LogP contribution >= 0.6 is 0 Å². The average Bonchev–Trinajstić information content (AvgIpc) is 2.38. The minimum absolute atomic E-state index is 0.717. The van der Waals surface area contributed by atoms with E-state index in [0.29, 0.717) is 0 Å². The van der Waals surface area contributed by atoms with Gasteiger partial charge in [-0.2, -0.15) is 0 Å². The average molecular weight is 233 g/mol. The standard InChI is InChI=1S/C14H19NO2/c1-5-7-15-10-12-9-14(17-4)13(16-3)8-11(12)6-2/h5-6,8-9,15H,1-2,7,10H2,3-4H3. The molecule has 3 heteroatoms. The third-order valence-corrected chi connectivity index (χ3v) is 2.47. The van der Waals surface area contributed by atoms with Crippen molar-refractivity contribution >= 4 is 6.08 Å². The molecule has 0 aliphatic rings.